The summed E-state index contributed by atoms with van der Waals surface area (Å²) in [6, 6.07) is 3.79. The van der Waals surface area contributed by atoms with E-state index in [1.165, 1.54) is 0 Å². The van der Waals surface area contributed by atoms with E-state index in [2.05, 4.69) is 5.32 Å². The van der Waals surface area contributed by atoms with E-state index in [1.54, 1.807) is 14.2 Å². The fraction of sp³-hybridized carbons (Fsp3) is 0.391. The van der Waals surface area contributed by atoms with E-state index in [0.717, 1.165) is 27.7 Å². The predicted octanol–water partition coefficient (Wildman–Crippen LogP) is 2.68. The van der Waals surface area contributed by atoms with E-state index in [0.29, 0.717) is 36.1 Å². The highest BCUT2D eigenvalue weighted by molar-refractivity contribution is 6.15. The molecule has 2 unspecified atom stereocenters. The van der Waals surface area contributed by atoms with Crippen molar-refractivity contribution in [1.82, 2.24) is 10.3 Å². The lowest BCUT2D eigenvalue weighted by Gasteiger charge is -2.41. The molecule has 1 aromatic carbocycles. The molecule has 31 heavy (non-hydrogen) atoms. The van der Waals surface area contributed by atoms with Crippen LogP contribution in [0.2, 0.25) is 0 Å². The zero-order valence-electron chi connectivity index (χ0n) is 18.0. The lowest BCUT2D eigenvalue weighted by atomic mass is 9.74. The molecule has 162 valence electrons. The highest BCUT2D eigenvalue weighted by Gasteiger charge is 2.45. The lowest BCUT2D eigenvalue weighted by molar-refractivity contribution is -0.122. The van der Waals surface area contributed by atoms with Crippen LogP contribution in [0.25, 0.3) is 16.5 Å². The molecule has 1 amide bonds. The first-order valence-electron chi connectivity index (χ1n) is 10.3. The second-order valence-electron chi connectivity index (χ2n) is 7.84. The van der Waals surface area contributed by atoms with E-state index in [9.17, 15) is 4.79 Å². The number of nitrogens with zero attached hydrogens (tertiary/aromatic N) is 2. The van der Waals surface area contributed by atoms with Gasteiger partial charge in [-0.3, -0.25) is 9.78 Å². The van der Waals surface area contributed by atoms with Crippen LogP contribution in [0.4, 0.5) is 5.69 Å². The number of benzene rings is 1. The first-order chi connectivity index (χ1) is 15.1. The number of fused-ring (bicyclic) bond motifs is 6. The first-order valence-corrected chi connectivity index (χ1v) is 10.3. The van der Waals surface area contributed by atoms with Gasteiger partial charge in [0.25, 0.3) is 0 Å². The van der Waals surface area contributed by atoms with Crippen molar-refractivity contribution in [2.24, 2.45) is 11.8 Å². The summed E-state index contributed by atoms with van der Waals surface area (Å²) >= 11 is 0. The van der Waals surface area contributed by atoms with Crippen LogP contribution in [0.5, 0.6) is 11.5 Å². The number of hydrogen-bond donors (Lipinski definition) is 1. The Morgan fingerprint density at radius 2 is 2.00 bits per heavy atom. The molecule has 0 spiro atoms. The molecule has 0 saturated heterocycles. The monoisotopic (exact) mass is 423 g/mol. The Morgan fingerprint density at radius 1 is 1.23 bits per heavy atom. The molecule has 2 aromatic rings. The van der Waals surface area contributed by atoms with Gasteiger partial charge in [-0.15, -0.1) is 0 Å². The van der Waals surface area contributed by atoms with Crippen molar-refractivity contribution >= 4 is 28.1 Å². The van der Waals surface area contributed by atoms with Crippen molar-refractivity contribution < 1.29 is 23.7 Å². The van der Waals surface area contributed by atoms with E-state index in [-0.39, 0.29) is 24.5 Å². The molecular formula is C23H25N3O5. The summed E-state index contributed by atoms with van der Waals surface area (Å²) in [4.78, 5) is 20.4. The van der Waals surface area contributed by atoms with Gasteiger partial charge in [0.2, 0.25) is 12.7 Å². The molecule has 3 aliphatic rings. The third kappa shape index (κ3) is 2.85. The number of rotatable bonds is 5. The minimum absolute atomic E-state index is 0.0383. The van der Waals surface area contributed by atoms with Crippen LogP contribution < -0.4 is 19.7 Å². The molecule has 0 radical (unpaired) electrons. The van der Waals surface area contributed by atoms with Crippen molar-refractivity contribution in [3.8, 4) is 11.5 Å². The number of carbonyl (C=O) groups excluding carboxylic acids is 1. The zero-order chi connectivity index (χ0) is 21.7. The zero-order valence-corrected chi connectivity index (χ0v) is 18.0. The van der Waals surface area contributed by atoms with Crippen LogP contribution in [0.3, 0.4) is 0 Å². The van der Waals surface area contributed by atoms with Crippen molar-refractivity contribution in [2.75, 3.05) is 46.0 Å². The number of allylic oxidation sites excluding steroid dienone is 2. The van der Waals surface area contributed by atoms with Crippen LogP contribution in [0, 0.1) is 11.8 Å². The lowest BCUT2D eigenvalue weighted by Crippen LogP contribution is -2.47. The second-order valence-corrected chi connectivity index (χ2v) is 7.84. The van der Waals surface area contributed by atoms with E-state index >= 15 is 0 Å². The Kier molecular flexibility index (Phi) is 4.74. The molecular weight excluding hydrogens is 398 g/mol. The summed E-state index contributed by atoms with van der Waals surface area (Å²) in [6.07, 6.45) is 3.76. The number of pyridine rings is 1. The minimum Gasteiger partial charge on any atom is -0.497 e. The quantitative estimate of drug-likeness (QED) is 0.792. The Balaban J connectivity index is 1.78. The van der Waals surface area contributed by atoms with Gasteiger partial charge in [0, 0.05) is 42.2 Å². The first kappa shape index (κ1) is 19.7. The highest BCUT2D eigenvalue weighted by atomic mass is 16.7. The van der Waals surface area contributed by atoms with Crippen LogP contribution in [-0.4, -0.2) is 52.0 Å². The summed E-state index contributed by atoms with van der Waals surface area (Å²) < 4.78 is 22.3. The predicted molar refractivity (Wildman–Crippen MR) is 116 cm³/mol. The summed E-state index contributed by atoms with van der Waals surface area (Å²) in [6.45, 7) is 3.38. The third-order valence-electron chi connectivity index (χ3n) is 6.25. The van der Waals surface area contributed by atoms with Gasteiger partial charge in [-0.1, -0.05) is 6.92 Å². The van der Waals surface area contributed by atoms with Gasteiger partial charge >= 0.3 is 0 Å². The maximum Gasteiger partial charge on any atom is 0.235 e. The van der Waals surface area contributed by atoms with Gasteiger partial charge in [-0.05, 0) is 24.8 Å². The van der Waals surface area contributed by atoms with Gasteiger partial charge in [-0.25, -0.2) is 0 Å². The summed E-state index contributed by atoms with van der Waals surface area (Å²) in [5, 5.41) is 4.01. The number of amides is 1. The number of likely N-dealkylation sites (N-methyl/N-ethyl adjacent to an activating group) is 1. The van der Waals surface area contributed by atoms with Crippen molar-refractivity contribution in [1.29, 1.82) is 0 Å². The summed E-state index contributed by atoms with van der Waals surface area (Å²) in [5.74, 6) is 2.15. The number of ether oxygens (including phenoxy) is 4. The summed E-state index contributed by atoms with van der Waals surface area (Å²) in [7, 11) is 5.10. The number of hydrogen-bond acceptors (Lipinski definition) is 7. The largest absolute Gasteiger partial charge is 0.497 e. The number of aromatic nitrogens is 1. The topological polar surface area (TPSA) is 82.2 Å². The smallest absolute Gasteiger partial charge is 0.235 e. The van der Waals surface area contributed by atoms with Gasteiger partial charge in [0.05, 0.1) is 31.3 Å². The molecule has 8 nitrogen and oxygen atoms in total. The van der Waals surface area contributed by atoms with E-state index in [1.807, 2.05) is 43.3 Å². The minimum atomic E-state index is -0.369. The molecule has 0 fully saturated rings. The maximum atomic E-state index is 13.8. The fourth-order valence-corrected chi connectivity index (χ4v) is 4.78. The van der Waals surface area contributed by atoms with Crippen LogP contribution in [0.1, 0.15) is 12.5 Å². The maximum absolute atomic E-state index is 13.8. The molecule has 2 atom stereocenters. The van der Waals surface area contributed by atoms with E-state index in [4.69, 9.17) is 23.9 Å². The average Bonchev–Trinajstić information content (AvgIpc) is 3.24. The van der Waals surface area contributed by atoms with Crippen molar-refractivity contribution in [3.05, 3.63) is 41.5 Å². The van der Waals surface area contributed by atoms with Crippen LogP contribution in [-0.2, 0) is 14.3 Å². The van der Waals surface area contributed by atoms with Crippen LogP contribution in [0.15, 0.2) is 35.9 Å². The normalized spacial score (nSPS) is 21.7. The molecule has 1 aromatic heterocycles. The van der Waals surface area contributed by atoms with E-state index < -0.39 is 0 Å². The average molecular weight is 423 g/mol. The standard InChI is InChI=1S/C23H25N3O5/c1-12-20-13(7-19(28-3)22(12)29-4)15-10-25-16-9-18-17(30-11-31-18)8-14(16)21(15)26(23(20)27)6-5-24-2/h7-10,12,20,24H,5-6,11H2,1-4H3. The molecule has 1 aliphatic carbocycles. The molecule has 5 rings (SSSR count). The Bertz CT molecular complexity index is 1140. The van der Waals surface area contributed by atoms with Gasteiger partial charge in [0.15, 0.2) is 17.3 Å². The molecule has 2 aliphatic heterocycles. The number of methoxy groups -OCH3 is 2. The molecule has 0 saturated carbocycles. The molecule has 1 N–H and O–H groups in total. The van der Waals surface area contributed by atoms with Gasteiger partial charge in [-0.2, -0.15) is 0 Å². The summed E-state index contributed by atoms with van der Waals surface area (Å²) in [5.41, 5.74) is 3.42. The van der Waals surface area contributed by atoms with Gasteiger partial charge < -0.3 is 29.2 Å². The number of carbonyl (C=O) groups is 1. The van der Waals surface area contributed by atoms with Gasteiger partial charge in [0.1, 0.15) is 5.76 Å². The van der Waals surface area contributed by atoms with Crippen molar-refractivity contribution in [3.63, 3.8) is 0 Å². The Morgan fingerprint density at radius 3 is 2.71 bits per heavy atom. The molecule has 8 heteroatoms. The Hall–Kier alpha value is -3.26. The number of anilines is 1. The Labute approximate surface area is 180 Å². The fourth-order valence-electron chi connectivity index (χ4n) is 4.78. The molecule has 0 bridgehead atoms. The van der Waals surface area contributed by atoms with Crippen LogP contribution >= 0.6 is 0 Å². The van der Waals surface area contributed by atoms with Crippen molar-refractivity contribution in [2.45, 2.75) is 6.92 Å². The second kappa shape index (κ2) is 7.46. The number of nitrogens with one attached hydrogen (secondary N) is 1. The third-order valence-corrected chi connectivity index (χ3v) is 6.25. The molecule has 3 heterocycles. The SMILES string of the molecule is CNCCN1C(=O)C2C(=CC(OC)=C(OC)C2C)c2cnc3cc4c(cc3c21)OCO4. The highest BCUT2D eigenvalue weighted by Crippen LogP contribution is 2.50.